The van der Waals surface area contributed by atoms with Gasteiger partial charge in [0.2, 0.25) is 0 Å². The smallest absolute Gasteiger partial charge is 0.0196 e. The summed E-state index contributed by atoms with van der Waals surface area (Å²) in [5.74, 6) is 3.71. The SMILES string of the molecule is C=CCC(CC)C1CC2C=CC1C2. The van der Waals surface area contributed by atoms with Gasteiger partial charge in [-0.15, -0.1) is 6.58 Å². The van der Waals surface area contributed by atoms with Crippen molar-refractivity contribution in [2.45, 2.75) is 32.6 Å². The molecular formula is C13H20. The molecule has 13 heavy (non-hydrogen) atoms. The Morgan fingerprint density at radius 1 is 1.46 bits per heavy atom. The van der Waals surface area contributed by atoms with Crippen molar-refractivity contribution in [3.8, 4) is 0 Å². The Hall–Kier alpha value is -0.520. The van der Waals surface area contributed by atoms with Crippen LogP contribution in [0, 0.1) is 23.7 Å². The number of fused-ring (bicyclic) bond motifs is 2. The summed E-state index contributed by atoms with van der Waals surface area (Å²) in [4.78, 5) is 0. The van der Waals surface area contributed by atoms with Crippen LogP contribution in [-0.4, -0.2) is 0 Å². The van der Waals surface area contributed by atoms with Gasteiger partial charge in [0, 0.05) is 0 Å². The van der Waals surface area contributed by atoms with Crippen LogP contribution in [0.4, 0.5) is 0 Å². The van der Waals surface area contributed by atoms with Crippen LogP contribution in [0.5, 0.6) is 0 Å². The molecule has 0 amide bonds. The number of allylic oxidation sites excluding steroid dienone is 3. The van der Waals surface area contributed by atoms with Crippen LogP contribution in [-0.2, 0) is 0 Å². The van der Waals surface area contributed by atoms with E-state index in [0.717, 1.165) is 23.7 Å². The lowest BCUT2D eigenvalue weighted by Crippen LogP contribution is -2.17. The Bertz CT molecular complexity index is 214. The van der Waals surface area contributed by atoms with E-state index in [0.29, 0.717) is 0 Å². The minimum atomic E-state index is 0.900. The zero-order valence-electron chi connectivity index (χ0n) is 8.58. The van der Waals surface area contributed by atoms with E-state index in [9.17, 15) is 0 Å². The highest BCUT2D eigenvalue weighted by molar-refractivity contribution is 5.11. The van der Waals surface area contributed by atoms with Gasteiger partial charge < -0.3 is 0 Å². The zero-order chi connectivity index (χ0) is 9.26. The lowest BCUT2D eigenvalue weighted by Gasteiger charge is -2.26. The van der Waals surface area contributed by atoms with Gasteiger partial charge in [0.1, 0.15) is 0 Å². The molecule has 0 heteroatoms. The lowest BCUT2D eigenvalue weighted by molar-refractivity contribution is 0.281. The van der Waals surface area contributed by atoms with Gasteiger partial charge in [0.05, 0.1) is 0 Å². The molecule has 0 saturated heterocycles. The highest BCUT2D eigenvalue weighted by Gasteiger charge is 2.38. The predicted octanol–water partition coefficient (Wildman–Crippen LogP) is 3.80. The van der Waals surface area contributed by atoms with Gasteiger partial charge in [-0.25, -0.2) is 0 Å². The summed E-state index contributed by atoms with van der Waals surface area (Å²) in [6.07, 6.45) is 12.4. The summed E-state index contributed by atoms with van der Waals surface area (Å²) in [5.41, 5.74) is 0. The van der Waals surface area contributed by atoms with Crippen molar-refractivity contribution in [3.05, 3.63) is 24.8 Å². The Morgan fingerprint density at radius 3 is 2.77 bits per heavy atom. The van der Waals surface area contributed by atoms with E-state index >= 15 is 0 Å². The molecule has 2 bridgehead atoms. The fourth-order valence-corrected chi connectivity index (χ4v) is 3.22. The second-order valence-electron chi connectivity index (χ2n) is 4.64. The standard InChI is InChI=1S/C13H20/c1-3-5-11(4-2)13-9-10-6-7-12(13)8-10/h3,6-7,10-13H,1,4-5,8-9H2,2H3. The molecule has 0 nitrogen and oxygen atoms in total. The third-order valence-corrected chi connectivity index (χ3v) is 3.93. The molecule has 72 valence electrons. The van der Waals surface area contributed by atoms with Gasteiger partial charge >= 0.3 is 0 Å². The normalized spacial score (nSPS) is 38.1. The van der Waals surface area contributed by atoms with Crippen LogP contribution in [0.1, 0.15) is 32.6 Å². The fourth-order valence-electron chi connectivity index (χ4n) is 3.22. The molecule has 2 aliphatic rings. The van der Waals surface area contributed by atoms with E-state index < -0.39 is 0 Å². The Balaban J connectivity index is 2.00. The molecule has 4 unspecified atom stereocenters. The molecule has 1 fully saturated rings. The predicted molar refractivity (Wildman–Crippen MR) is 57.4 cm³/mol. The van der Waals surface area contributed by atoms with Crippen molar-refractivity contribution in [2.75, 3.05) is 0 Å². The molecule has 0 aromatic carbocycles. The molecule has 0 heterocycles. The Labute approximate surface area is 81.7 Å². The third kappa shape index (κ3) is 1.59. The van der Waals surface area contributed by atoms with Gasteiger partial charge in [0.25, 0.3) is 0 Å². The first kappa shape index (κ1) is 9.05. The van der Waals surface area contributed by atoms with Crippen LogP contribution in [0.25, 0.3) is 0 Å². The summed E-state index contributed by atoms with van der Waals surface area (Å²) in [6, 6.07) is 0. The van der Waals surface area contributed by atoms with Gasteiger partial charge in [-0.05, 0) is 42.9 Å². The first-order chi connectivity index (χ1) is 6.35. The van der Waals surface area contributed by atoms with Crippen molar-refractivity contribution in [1.29, 1.82) is 0 Å². The van der Waals surface area contributed by atoms with Crippen LogP contribution in [0.2, 0.25) is 0 Å². The maximum atomic E-state index is 3.86. The molecule has 0 aliphatic heterocycles. The average Bonchev–Trinajstić information content (AvgIpc) is 2.74. The van der Waals surface area contributed by atoms with Crippen molar-refractivity contribution in [1.82, 2.24) is 0 Å². The van der Waals surface area contributed by atoms with Crippen molar-refractivity contribution < 1.29 is 0 Å². The fraction of sp³-hybridized carbons (Fsp3) is 0.692. The molecule has 0 radical (unpaired) electrons. The lowest BCUT2D eigenvalue weighted by atomic mass is 9.79. The van der Waals surface area contributed by atoms with E-state index in [1.165, 1.54) is 25.7 Å². The minimum absolute atomic E-state index is 0.900. The van der Waals surface area contributed by atoms with E-state index in [-0.39, 0.29) is 0 Å². The molecule has 1 saturated carbocycles. The third-order valence-electron chi connectivity index (χ3n) is 3.93. The number of hydrogen-bond acceptors (Lipinski definition) is 0. The monoisotopic (exact) mass is 176 g/mol. The molecule has 2 aliphatic carbocycles. The molecule has 2 rings (SSSR count). The van der Waals surface area contributed by atoms with Crippen LogP contribution in [0.15, 0.2) is 24.8 Å². The summed E-state index contributed by atoms with van der Waals surface area (Å²) in [7, 11) is 0. The molecular weight excluding hydrogens is 156 g/mol. The van der Waals surface area contributed by atoms with Crippen LogP contribution in [0.3, 0.4) is 0 Å². The quantitative estimate of drug-likeness (QED) is 0.571. The second kappa shape index (κ2) is 3.69. The number of rotatable bonds is 4. The number of hydrogen-bond donors (Lipinski definition) is 0. The first-order valence-corrected chi connectivity index (χ1v) is 5.64. The van der Waals surface area contributed by atoms with Gasteiger partial charge in [-0.1, -0.05) is 31.6 Å². The molecule has 4 atom stereocenters. The zero-order valence-corrected chi connectivity index (χ0v) is 8.58. The van der Waals surface area contributed by atoms with E-state index in [1.54, 1.807) is 0 Å². The molecule has 0 spiro atoms. The molecule has 0 aromatic heterocycles. The first-order valence-electron chi connectivity index (χ1n) is 5.64. The van der Waals surface area contributed by atoms with E-state index in [4.69, 9.17) is 0 Å². The van der Waals surface area contributed by atoms with E-state index in [2.05, 4.69) is 31.7 Å². The molecule has 0 N–H and O–H groups in total. The Kier molecular flexibility index (Phi) is 2.57. The van der Waals surface area contributed by atoms with Crippen LogP contribution >= 0.6 is 0 Å². The summed E-state index contributed by atoms with van der Waals surface area (Å²) >= 11 is 0. The van der Waals surface area contributed by atoms with Gasteiger partial charge in [-0.2, -0.15) is 0 Å². The second-order valence-corrected chi connectivity index (χ2v) is 4.64. The largest absolute Gasteiger partial charge is 0.103 e. The van der Waals surface area contributed by atoms with E-state index in [1.807, 2.05) is 0 Å². The molecule has 0 aromatic rings. The highest BCUT2D eigenvalue weighted by atomic mass is 14.4. The van der Waals surface area contributed by atoms with Gasteiger partial charge in [-0.3, -0.25) is 0 Å². The van der Waals surface area contributed by atoms with Crippen molar-refractivity contribution in [3.63, 3.8) is 0 Å². The van der Waals surface area contributed by atoms with Crippen molar-refractivity contribution >= 4 is 0 Å². The average molecular weight is 176 g/mol. The van der Waals surface area contributed by atoms with Crippen LogP contribution < -0.4 is 0 Å². The maximum Gasteiger partial charge on any atom is -0.0196 e. The summed E-state index contributed by atoms with van der Waals surface area (Å²) in [5, 5.41) is 0. The highest BCUT2D eigenvalue weighted by Crippen LogP contribution is 2.48. The maximum absolute atomic E-state index is 3.86. The Morgan fingerprint density at radius 2 is 2.31 bits per heavy atom. The minimum Gasteiger partial charge on any atom is -0.103 e. The van der Waals surface area contributed by atoms with Crippen molar-refractivity contribution in [2.24, 2.45) is 23.7 Å². The topological polar surface area (TPSA) is 0 Å². The summed E-state index contributed by atoms with van der Waals surface area (Å²) < 4.78 is 0. The van der Waals surface area contributed by atoms with Gasteiger partial charge in [0.15, 0.2) is 0 Å². The summed E-state index contributed by atoms with van der Waals surface area (Å²) in [6.45, 7) is 6.19.